The van der Waals surface area contributed by atoms with Crippen LogP contribution in [0.3, 0.4) is 0 Å². The van der Waals surface area contributed by atoms with Gasteiger partial charge in [0.2, 0.25) is 5.91 Å². The van der Waals surface area contributed by atoms with E-state index in [4.69, 9.17) is 4.74 Å². The highest BCUT2D eigenvalue weighted by Gasteiger charge is 2.24. The van der Waals surface area contributed by atoms with Crippen molar-refractivity contribution in [2.45, 2.75) is 45.8 Å². The summed E-state index contributed by atoms with van der Waals surface area (Å²) in [5.41, 5.74) is 0. The molecule has 1 saturated heterocycles. The highest BCUT2D eigenvalue weighted by atomic mass is 16.5. The third-order valence-corrected chi connectivity index (χ3v) is 3.04. The van der Waals surface area contributed by atoms with E-state index in [1.807, 2.05) is 20.8 Å². The average molecular weight is 228 g/mol. The standard InChI is InChI=1S/C12H24N2O2/c1-4-13-8-9(2)12(15)14-10(3)11-6-5-7-16-11/h9-11,13H,4-8H2,1-3H3,(H,14,15). The molecule has 0 aromatic rings. The van der Waals surface area contributed by atoms with Crippen molar-refractivity contribution < 1.29 is 9.53 Å². The van der Waals surface area contributed by atoms with Crippen LogP contribution in [0.25, 0.3) is 0 Å². The van der Waals surface area contributed by atoms with Gasteiger partial charge in [0.05, 0.1) is 12.1 Å². The van der Waals surface area contributed by atoms with E-state index in [-0.39, 0.29) is 24.0 Å². The van der Waals surface area contributed by atoms with Crippen LogP contribution in [0.2, 0.25) is 0 Å². The van der Waals surface area contributed by atoms with Crippen molar-refractivity contribution in [1.29, 1.82) is 0 Å². The first-order valence-electron chi connectivity index (χ1n) is 6.27. The van der Waals surface area contributed by atoms with E-state index >= 15 is 0 Å². The third-order valence-electron chi connectivity index (χ3n) is 3.04. The summed E-state index contributed by atoms with van der Waals surface area (Å²) >= 11 is 0. The van der Waals surface area contributed by atoms with Crippen LogP contribution in [0, 0.1) is 5.92 Å². The second-order valence-electron chi connectivity index (χ2n) is 4.56. The maximum absolute atomic E-state index is 11.8. The van der Waals surface area contributed by atoms with Crippen molar-refractivity contribution in [2.24, 2.45) is 5.92 Å². The summed E-state index contributed by atoms with van der Waals surface area (Å²) in [7, 11) is 0. The van der Waals surface area contributed by atoms with E-state index in [0.29, 0.717) is 0 Å². The number of hydrogen-bond acceptors (Lipinski definition) is 3. The lowest BCUT2D eigenvalue weighted by atomic mass is 10.1. The summed E-state index contributed by atoms with van der Waals surface area (Å²) in [6.45, 7) is 8.48. The molecule has 1 amide bonds. The molecule has 0 saturated carbocycles. The SMILES string of the molecule is CCNCC(C)C(=O)NC(C)C1CCCO1. The minimum Gasteiger partial charge on any atom is -0.376 e. The quantitative estimate of drug-likeness (QED) is 0.710. The fourth-order valence-electron chi connectivity index (χ4n) is 1.91. The summed E-state index contributed by atoms with van der Waals surface area (Å²) in [5.74, 6) is 0.132. The van der Waals surface area contributed by atoms with Crippen molar-refractivity contribution in [3.8, 4) is 0 Å². The molecule has 3 atom stereocenters. The minimum atomic E-state index is 0.0174. The monoisotopic (exact) mass is 228 g/mol. The molecule has 4 nitrogen and oxygen atoms in total. The van der Waals surface area contributed by atoms with Crippen LogP contribution in [-0.4, -0.2) is 37.7 Å². The number of carbonyl (C=O) groups is 1. The Kier molecular flexibility index (Phi) is 5.77. The highest BCUT2D eigenvalue weighted by molar-refractivity contribution is 5.78. The van der Waals surface area contributed by atoms with Crippen LogP contribution in [0.1, 0.15) is 33.6 Å². The van der Waals surface area contributed by atoms with E-state index in [2.05, 4.69) is 10.6 Å². The summed E-state index contributed by atoms with van der Waals surface area (Å²) in [4.78, 5) is 11.8. The van der Waals surface area contributed by atoms with Gasteiger partial charge < -0.3 is 15.4 Å². The fourth-order valence-corrected chi connectivity index (χ4v) is 1.91. The molecule has 94 valence electrons. The first-order chi connectivity index (χ1) is 7.65. The Hall–Kier alpha value is -0.610. The van der Waals surface area contributed by atoms with E-state index in [9.17, 15) is 4.79 Å². The van der Waals surface area contributed by atoms with Gasteiger partial charge in [-0.25, -0.2) is 0 Å². The topological polar surface area (TPSA) is 50.4 Å². The van der Waals surface area contributed by atoms with Crippen LogP contribution >= 0.6 is 0 Å². The van der Waals surface area contributed by atoms with Crippen LogP contribution in [0.15, 0.2) is 0 Å². The summed E-state index contributed by atoms with van der Waals surface area (Å²) in [6, 6.07) is 0.124. The van der Waals surface area contributed by atoms with E-state index in [1.165, 1.54) is 0 Å². The largest absolute Gasteiger partial charge is 0.376 e. The molecular weight excluding hydrogens is 204 g/mol. The molecule has 3 unspecified atom stereocenters. The number of carbonyl (C=O) groups excluding carboxylic acids is 1. The molecular formula is C12H24N2O2. The number of hydrogen-bond donors (Lipinski definition) is 2. The Morgan fingerprint density at radius 3 is 2.81 bits per heavy atom. The van der Waals surface area contributed by atoms with E-state index in [1.54, 1.807) is 0 Å². The highest BCUT2D eigenvalue weighted by Crippen LogP contribution is 2.15. The number of ether oxygens (including phenoxy) is 1. The summed E-state index contributed by atoms with van der Waals surface area (Å²) in [6.07, 6.45) is 2.37. The first-order valence-corrected chi connectivity index (χ1v) is 6.27. The second kappa shape index (κ2) is 6.86. The van der Waals surface area contributed by atoms with Crippen LogP contribution in [-0.2, 0) is 9.53 Å². The molecule has 1 rings (SSSR count). The van der Waals surface area contributed by atoms with Gasteiger partial charge in [0, 0.05) is 19.1 Å². The first kappa shape index (κ1) is 13.5. The molecule has 0 radical (unpaired) electrons. The molecule has 0 aliphatic carbocycles. The number of nitrogens with one attached hydrogen (secondary N) is 2. The normalized spacial score (nSPS) is 24.1. The van der Waals surface area contributed by atoms with Crippen LogP contribution in [0.4, 0.5) is 0 Å². The summed E-state index contributed by atoms with van der Waals surface area (Å²) in [5, 5.41) is 6.21. The van der Waals surface area contributed by atoms with Gasteiger partial charge in [0.1, 0.15) is 0 Å². The van der Waals surface area contributed by atoms with Crippen molar-refractivity contribution >= 4 is 5.91 Å². The van der Waals surface area contributed by atoms with Gasteiger partial charge in [-0.15, -0.1) is 0 Å². The van der Waals surface area contributed by atoms with Crippen molar-refractivity contribution in [1.82, 2.24) is 10.6 Å². The van der Waals surface area contributed by atoms with Gasteiger partial charge in [-0.05, 0) is 26.3 Å². The predicted molar refractivity (Wildman–Crippen MR) is 64.3 cm³/mol. The van der Waals surface area contributed by atoms with Crippen molar-refractivity contribution in [2.75, 3.05) is 19.7 Å². The predicted octanol–water partition coefficient (Wildman–Crippen LogP) is 0.916. The van der Waals surface area contributed by atoms with E-state index in [0.717, 1.165) is 32.5 Å². The average Bonchev–Trinajstić information content (AvgIpc) is 2.79. The molecule has 1 aliphatic rings. The molecule has 1 heterocycles. The fraction of sp³-hybridized carbons (Fsp3) is 0.917. The van der Waals surface area contributed by atoms with Gasteiger partial charge in [0.15, 0.2) is 0 Å². The molecule has 1 fully saturated rings. The van der Waals surface area contributed by atoms with Crippen LogP contribution < -0.4 is 10.6 Å². The zero-order valence-electron chi connectivity index (χ0n) is 10.6. The van der Waals surface area contributed by atoms with Gasteiger partial charge in [-0.3, -0.25) is 4.79 Å². The molecule has 0 spiro atoms. The molecule has 4 heteroatoms. The zero-order chi connectivity index (χ0) is 12.0. The lowest BCUT2D eigenvalue weighted by molar-refractivity contribution is -0.125. The molecule has 0 aromatic carbocycles. The lowest BCUT2D eigenvalue weighted by Crippen LogP contribution is -2.45. The molecule has 1 aliphatic heterocycles. The van der Waals surface area contributed by atoms with E-state index < -0.39 is 0 Å². The van der Waals surface area contributed by atoms with Crippen molar-refractivity contribution in [3.05, 3.63) is 0 Å². The molecule has 2 N–H and O–H groups in total. The summed E-state index contributed by atoms with van der Waals surface area (Å²) < 4.78 is 5.55. The number of amides is 1. The van der Waals surface area contributed by atoms with Gasteiger partial charge in [-0.1, -0.05) is 13.8 Å². The second-order valence-corrected chi connectivity index (χ2v) is 4.56. The van der Waals surface area contributed by atoms with Gasteiger partial charge >= 0.3 is 0 Å². The molecule has 0 bridgehead atoms. The zero-order valence-corrected chi connectivity index (χ0v) is 10.6. The third kappa shape index (κ3) is 4.10. The Bertz CT molecular complexity index is 215. The Morgan fingerprint density at radius 1 is 1.50 bits per heavy atom. The molecule has 16 heavy (non-hydrogen) atoms. The van der Waals surface area contributed by atoms with Gasteiger partial charge in [-0.2, -0.15) is 0 Å². The Labute approximate surface area is 98.1 Å². The van der Waals surface area contributed by atoms with Crippen LogP contribution in [0.5, 0.6) is 0 Å². The Balaban J connectivity index is 2.26. The maximum atomic E-state index is 11.8. The maximum Gasteiger partial charge on any atom is 0.224 e. The molecule has 0 aromatic heterocycles. The number of rotatable bonds is 6. The minimum absolute atomic E-state index is 0.0174. The Morgan fingerprint density at radius 2 is 2.25 bits per heavy atom. The van der Waals surface area contributed by atoms with Crippen molar-refractivity contribution in [3.63, 3.8) is 0 Å². The smallest absolute Gasteiger partial charge is 0.224 e. The van der Waals surface area contributed by atoms with Gasteiger partial charge in [0.25, 0.3) is 0 Å². The lowest BCUT2D eigenvalue weighted by Gasteiger charge is -2.22.